The predicted molar refractivity (Wildman–Crippen MR) is 64.9 cm³/mol. The lowest BCUT2D eigenvalue weighted by Crippen LogP contribution is -2.34. The van der Waals surface area contributed by atoms with E-state index in [1.165, 1.54) is 0 Å². The number of aromatic nitrogens is 1. The summed E-state index contributed by atoms with van der Waals surface area (Å²) < 4.78 is 0. The SMILES string of the molecule is Cc1ccnc(N(C)C(C)CO)c1C(=N)N. The molecule has 5 nitrogen and oxygen atoms in total. The number of hydrogen-bond donors (Lipinski definition) is 3. The molecule has 0 aromatic carbocycles. The Hall–Kier alpha value is -1.62. The molecule has 1 heterocycles. The van der Waals surface area contributed by atoms with Gasteiger partial charge in [-0.15, -0.1) is 0 Å². The molecule has 0 bridgehead atoms. The average Bonchev–Trinajstić information content (AvgIpc) is 2.26. The molecule has 0 saturated heterocycles. The van der Waals surface area contributed by atoms with Crippen LogP contribution in [0.5, 0.6) is 0 Å². The maximum absolute atomic E-state index is 9.11. The number of nitrogens with one attached hydrogen (secondary N) is 1. The van der Waals surface area contributed by atoms with Gasteiger partial charge < -0.3 is 15.7 Å². The molecule has 0 aliphatic heterocycles. The zero-order valence-electron chi connectivity index (χ0n) is 9.86. The number of anilines is 1. The predicted octanol–water partition coefficient (Wildman–Crippen LogP) is 0.491. The van der Waals surface area contributed by atoms with Crippen LogP contribution in [0.25, 0.3) is 0 Å². The maximum atomic E-state index is 9.11. The average molecular weight is 222 g/mol. The number of pyridine rings is 1. The van der Waals surface area contributed by atoms with Crippen molar-refractivity contribution in [3.63, 3.8) is 0 Å². The summed E-state index contributed by atoms with van der Waals surface area (Å²) in [6.07, 6.45) is 1.68. The summed E-state index contributed by atoms with van der Waals surface area (Å²) in [6, 6.07) is 1.75. The third-order valence-corrected chi connectivity index (χ3v) is 2.67. The number of hydrogen-bond acceptors (Lipinski definition) is 4. The fraction of sp³-hybridized carbons (Fsp3) is 0.455. The summed E-state index contributed by atoms with van der Waals surface area (Å²) in [6.45, 7) is 3.80. The van der Waals surface area contributed by atoms with E-state index in [0.29, 0.717) is 11.4 Å². The molecule has 1 rings (SSSR count). The Morgan fingerprint density at radius 2 is 2.31 bits per heavy atom. The van der Waals surface area contributed by atoms with Gasteiger partial charge in [-0.05, 0) is 25.5 Å². The normalized spacial score (nSPS) is 12.2. The first kappa shape index (κ1) is 12.4. The highest BCUT2D eigenvalue weighted by molar-refractivity contribution is 6.00. The van der Waals surface area contributed by atoms with Crippen LogP contribution in [0.15, 0.2) is 12.3 Å². The molecule has 88 valence electrons. The molecular weight excluding hydrogens is 204 g/mol. The van der Waals surface area contributed by atoms with Crippen molar-refractivity contribution in [1.82, 2.24) is 4.98 Å². The van der Waals surface area contributed by atoms with Crippen molar-refractivity contribution in [2.45, 2.75) is 19.9 Å². The lowest BCUT2D eigenvalue weighted by atomic mass is 10.1. The van der Waals surface area contributed by atoms with Gasteiger partial charge in [0.15, 0.2) is 0 Å². The molecule has 0 saturated carbocycles. The van der Waals surface area contributed by atoms with Crippen LogP contribution in [-0.4, -0.2) is 35.6 Å². The van der Waals surface area contributed by atoms with Crippen molar-refractivity contribution in [2.24, 2.45) is 5.73 Å². The monoisotopic (exact) mass is 222 g/mol. The van der Waals surface area contributed by atoms with Crippen molar-refractivity contribution in [2.75, 3.05) is 18.6 Å². The van der Waals surface area contributed by atoms with Crippen LogP contribution in [0.1, 0.15) is 18.1 Å². The lowest BCUT2D eigenvalue weighted by molar-refractivity contribution is 0.270. The third-order valence-electron chi connectivity index (χ3n) is 2.67. The molecule has 1 unspecified atom stereocenters. The first-order valence-corrected chi connectivity index (χ1v) is 5.12. The molecule has 5 heteroatoms. The van der Waals surface area contributed by atoms with Crippen LogP contribution < -0.4 is 10.6 Å². The van der Waals surface area contributed by atoms with Crippen molar-refractivity contribution < 1.29 is 5.11 Å². The van der Waals surface area contributed by atoms with Crippen LogP contribution in [0.3, 0.4) is 0 Å². The van der Waals surface area contributed by atoms with Crippen LogP contribution in [0.2, 0.25) is 0 Å². The maximum Gasteiger partial charge on any atom is 0.139 e. The molecule has 0 aliphatic rings. The Balaban J connectivity index is 3.22. The van der Waals surface area contributed by atoms with Gasteiger partial charge in [-0.3, -0.25) is 5.41 Å². The Kier molecular flexibility index (Phi) is 3.84. The highest BCUT2D eigenvalue weighted by Crippen LogP contribution is 2.20. The van der Waals surface area contributed by atoms with Crippen molar-refractivity contribution in [3.05, 3.63) is 23.4 Å². The van der Waals surface area contributed by atoms with E-state index in [1.54, 1.807) is 6.20 Å². The van der Waals surface area contributed by atoms with E-state index in [2.05, 4.69) is 4.98 Å². The van der Waals surface area contributed by atoms with Gasteiger partial charge in [0.2, 0.25) is 0 Å². The van der Waals surface area contributed by atoms with Gasteiger partial charge in [-0.25, -0.2) is 4.98 Å². The van der Waals surface area contributed by atoms with E-state index >= 15 is 0 Å². The van der Waals surface area contributed by atoms with Crippen LogP contribution in [0, 0.1) is 12.3 Å². The van der Waals surface area contributed by atoms with E-state index < -0.39 is 0 Å². The fourth-order valence-corrected chi connectivity index (χ4v) is 1.48. The largest absolute Gasteiger partial charge is 0.394 e. The standard InChI is InChI=1S/C11H18N4O/c1-7-4-5-14-11(9(7)10(12)13)15(3)8(2)6-16/h4-5,8,16H,6H2,1-3H3,(H3,12,13). The number of aryl methyl sites for hydroxylation is 1. The molecule has 0 radical (unpaired) electrons. The second-order valence-electron chi connectivity index (χ2n) is 3.88. The number of amidine groups is 1. The van der Waals surface area contributed by atoms with E-state index in [-0.39, 0.29) is 18.5 Å². The Bertz CT molecular complexity index is 392. The molecular formula is C11H18N4O. The first-order chi connectivity index (χ1) is 7.49. The van der Waals surface area contributed by atoms with Gasteiger partial charge in [-0.2, -0.15) is 0 Å². The Labute approximate surface area is 95.4 Å². The second-order valence-corrected chi connectivity index (χ2v) is 3.88. The molecule has 0 aliphatic carbocycles. The quantitative estimate of drug-likeness (QED) is 0.511. The molecule has 0 fully saturated rings. The second kappa shape index (κ2) is 4.94. The Morgan fingerprint density at radius 3 is 2.81 bits per heavy atom. The molecule has 0 amide bonds. The van der Waals surface area contributed by atoms with E-state index in [9.17, 15) is 0 Å². The summed E-state index contributed by atoms with van der Waals surface area (Å²) in [7, 11) is 1.83. The number of nitrogens with two attached hydrogens (primary N) is 1. The summed E-state index contributed by atoms with van der Waals surface area (Å²) in [4.78, 5) is 6.05. The van der Waals surface area contributed by atoms with E-state index in [0.717, 1.165) is 5.56 Å². The zero-order valence-corrected chi connectivity index (χ0v) is 9.86. The van der Waals surface area contributed by atoms with Gasteiger partial charge in [0.25, 0.3) is 0 Å². The van der Waals surface area contributed by atoms with Gasteiger partial charge in [-0.1, -0.05) is 0 Å². The van der Waals surface area contributed by atoms with Gasteiger partial charge >= 0.3 is 0 Å². The number of likely N-dealkylation sites (N-methyl/N-ethyl adjacent to an activating group) is 1. The molecule has 1 atom stereocenters. The molecule has 0 spiro atoms. The summed E-state index contributed by atoms with van der Waals surface area (Å²) in [5.74, 6) is 0.631. The number of nitrogen functional groups attached to an aromatic ring is 1. The smallest absolute Gasteiger partial charge is 0.139 e. The fourth-order valence-electron chi connectivity index (χ4n) is 1.48. The topological polar surface area (TPSA) is 86.2 Å². The number of nitrogens with zero attached hydrogens (tertiary/aromatic N) is 2. The summed E-state index contributed by atoms with van der Waals surface area (Å²) in [5, 5.41) is 16.7. The summed E-state index contributed by atoms with van der Waals surface area (Å²) in [5.41, 5.74) is 7.09. The molecule has 4 N–H and O–H groups in total. The van der Waals surface area contributed by atoms with Crippen molar-refractivity contribution in [3.8, 4) is 0 Å². The van der Waals surface area contributed by atoms with Crippen LogP contribution >= 0.6 is 0 Å². The zero-order chi connectivity index (χ0) is 12.3. The number of aliphatic hydroxyl groups excluding tert-OH is 1. The molecule has 1 aromatic heterocycles. The van der Waals surface area contributed by atoms with Crippen LogP contribution in [-0.2, 0) is 0 Å². The molecule has 16 heavy (non-hydrogen) atoms. The lowest BCUT2D eigenvalue weighted by Gasteiger charge is -2.26. The minimum Gasteiger partial charge on any atom is -0.394 e. The van der Waals surface area contributed by atoms with E-state index in [4.69, 9.17) is 16.2 Å². The first-order valence-electron chi connectivity index (χ1n) is 5.12. The molecule has 1 aromatic rings. The van der Waals surface area contributed by atoms with Gasteiger partial charge in [0.05, 0.1) is 18.2 Å². The number of aliphatic hydroxyl groups is 1. The number of rotatable bonds is 4. The minimum atomic E-state index is -0.0626. The summed E-state index contributed by atoms with van der Waals surface area (Å²) >= 11 is 0. The van der Waals surface area contributed by atoms with Gasteiger partial charge in [0, 0.05) is 13.2 Å². The third kappa shape index (κ3) is 2.30. The van der Waals surface area contributed by atoms with E-state index in [1.807, 2.05) is 31.9 Å². The highest BCUT2D eigenvalue weighted by Gasteiger charge is 2.17. The van der Waals surface area contributed by atoms with Crippen LogP contribution in [0.4, 0.5) is 5.82 Å². The van der Waals surface area contributed by atoms with Crippen molar-refractivity contribution >= 4 is 11.7 Å². The van der Waals surface area contributed by atoms with Crippen molar-refractivity contribution in [1.29, 1.82) is 5.41 Å². The van der Waals surface area contributed by atoms with Gasteiger partial charge in [0.1, 0.15) is 11.7 Å². The Morgan fingerprint density at radius 1 is 1.69 bits per heavy atom. The minimum absolute atomic E-state index is 0.00223. The highest BCUT2D eigenvalue weighted by atomic mass is 16.3.